The van der Waals surface area contributed by atoms with Crippen LogP contribution in [0.4, 0.5) is 0 Å². The van der Waals surface area contributed by atoms with E-state index in [0.29, 0.717) is 10.6 Å². The Balaban J connectivity index is 0.00000256. The van der Waals surface area contributed by atoms with Crippen LogP contribution in [-0.2, 0) is 9.47 Å². The molecule has 0 aliphatic rings. The number of pyridine rings is 1. The summed E-state index contributed by atoms with van der Waals surface area (Å²) in [4.78, 5) is 4.51. The van der Waals surface area contributed by atoms with Crippen molar-refractivity contribution in [2.24, 2.45) is 0 Å². The fourth-order valence-corrected chi connectivity index (χ4v) is 1.83. The molecule has 0 amide bonds. The number of nitriles is 1. The zero-order valence-corrected chi connectivity index (χ0v) is 10.0. The van der Waals surface area contributed by atoms with Crippen molar-refractivity contribution in [3.05, 3.63) is 17.3 Å². The second-order valence-electron chi connectivity index (χ2n) is 2.86. The maximum absolute atomic E-state index is 9.59. The Morgan fingerprint density at radius 3 is 2.47 bits per heavy atom. The van der Waals surface area contributed by atoms with Gasteiger partial charge in [-0.1, -0.05) is 0 Å². The first-order chi connectivity index (χ1) is 7.67. The van der Waals surface area contributed by atoms with Crippen molar-refractivity contribution in [3.8, 4) is 11.9 Å². The van der Waals surface area contributed by atoms with E-state index in [9.17, 15) is 5.11 Å². The summed E-state index contributed by atoms with van der Waals surface area (Å²) in [6.45, 7) is 0. The number of hydrogen-bond acceptors (Lipinski definition) is 6. The van der Waals surface area contributed by atoms with E-state index in [1.165, 1.54) is 26.0 Å². The van der Waals surface area contributed by atoms with E-state index in [1.54, 1.807) is 6.07 Å². The van der Waals surface area contributed by atoms with Gasteiger partial charge in [0.25, 0.3) is 0 Å². The molecular weight excluding hydrogens is 251 g/mol. The third kappa shape index (κ3) is 3.85. The molecule has 0 aromatic carbocycles. The fourth-order valence-electron chi connectivity index (χ4n) is 1.25. The topological polar surface area (TPSA) is 75.4 Å². The summed E-state index contributed by atoms with van der Waals surface area (Å²) in [5, 5.41) is 18.4. The summed E-state index contributed by atoms with van der Waals surface area (Å²) in [6, 6.07) is 3.57. The molecule has 0 aliphatic carbocycles. The van der Waals surface area contributed by atoms with Gasteiger partial charge in [0, 0.05) is 19.1 Å². The van der Waals surface area contributed by atoms with Crippen molar-refractivity contribution in [3.63, 3.8) is 0 Å². The minimum atomic E-state index is -0.649. The van der Waals surface area contributed by atoms with Crippen LogP contribution in [0.5, 0.6) is 5.88 Å². The SMILES string of the molecule is COC(OC)c1cc(SC)c(C#N)c(O)n1.[NaH]. The van der Waals surface area contributed by atoms with E-state index in [4.69, 9.17) is 14.7 Å². The first-order valence-corrected chi connectivity index (χ1v) is 5.64. The Kier molecular flexibility index (Phi) is 7.79. The van der Waals surface area contributed by atoms with Crippen LogP contribution in [0.2, 0.25) is 0 Å². The van der Waals surface area contributed by atoms with Crippen LogP contribution >= 0.6 is 11.8 Å². The predicted molar refractivity (Wildman–Crippen MR) is 66.3 cm³/mol. The molecule has 0 fully saturated rings. The molecule has 0 saturated heterocycles. The van der Waals surface area contributed by atoms with Gasteiger partial charge in [0.05, 0.1) is 0 Å². The van der Waals surface area contributed by atoms with Gasteiger partial charge in [-0.15, -0.1) is 11.8 Å². The Hall–Kier alpha value is -0.290. The third-order valence-electron chi connectivity index (χ3n) is 1.99. The van der Waals surface area contributed by atoms with Crippen molar-refractivity contribution in [1.82, 2.24) is 4.98 Å². The molecule has 0 spiro atoms. The number of methoxy groups -OCH3 is 2. The minimum absolute atomic E-state index is 0. The Morgan fingerprint density at radius 2 is 2.06 bits per heavy atom. The number of rotatable bonds is 4. The van der Waals surface area contributed by atoms with Crippen LogP contribution < -0.4 is 0 Å². The summed E-state index contributed by atoms with van der Waals surface area (Å²) < 4.78 is 10.1. The van der Waals surface area contributed by atoms with Gasteiger partial charge in [0.15, 0.2) is 0 Å². The van der Waals surface area contributed by atoms with Crippen LogP contribution in [0, 0.1) is 11.3 Å². The van der Waals surface area contributed by atoms with Gasteiger partial charge in [-0.05, 0) is 12.3 Å². The second kappa shape index (κ2) is 7.93. The third-order valence-corrected chi connectivity index (χ3v) is 2.75. The van der Waals surface area contributed by atoms with Crippen LogP contribution in [0.3, 0.4) is 0 Å². The van der Waals surface area contributed by atoms with Crippen LogP contribution in [0.15, 0.2) is 11.0 Å². The van der Waals surface area contributed by atoms with Gasteiger partial charge >= 0.3 is 29.6 Å². The van der Waals surface area contributed by atoms with Gasteiger partial charge in [-0.25, -0.2) is 4.98 Å². The first-order valence-electron chi connectivity index (χ1n) is 4.41. The molecule has 0 atom stereocenters. The number of aromatic hydroxyl groups is 1. The summed E-state index contributed by atoms with van der Waals surface area (Å²) >= 11 is 1.35. The van der Waals surface area contributed by atoms with E-state index in [-0.39, 0.29) is 41.0 Å². The molecule has 0 unspecified atom stereocenters. The molecular formula is C10H13N2NaO3S. The van der Waals surface area contributed by atoms with Crippen molar-refractivity contribution in [2.45, 2.75) is 11.2 Å². The van der Waals surface area contributed by atoms with Gasteiger partial charge in [-0.2, -0.15) is 5.26 Å². The van der Waals surface area contributed by atoms with Crippen molar-refractivity contribution in [1.29, 1.82) is 5.26 Å². The van der Waals surface area contributed by atoms with E-state index in [1.807, 2.05) is 12.3 Å². The first kappa shape index (κ1) is 16.7. The number of ether oxygens (including phenoxy) is 2. The average molecular weight is 264 g/mol. The molecule has 7 heteroatoms. The van der Waals surface area contributed by atoms with E-state index < -0.39 is 6.29 Å². The molecule has 1 aromatic rings. The summed E-state index contributed by atoms with van der Waals surface area (Å²) in [5.41, 5.74) is 0.605. The standard InChI is InChI=1S/C10H12N2O3S.Na.H/c1-14-10(15-2)7-4-8(16-3)6(5-11)9(13)12-7;;/h4,10H,1-3H3,(H,12,13);;. The molecule has 1 rings (SSSR count). The number of hydrogen-bond donors (Lipinski definition) is 1. The number of nitrogens with zero attached hydrogens (tertiary/aromatic N) is 2. The molecule has 1 heterocycles. The second-order valence-corrected chi connectivity index (χ2v) is 3.71. The molecule has 5 nitrogen and oxygen atoms in total. The molecule has 1 N–H and O–H groups in total. The fraction of sp³-hybridized carbons (Fsp3) is 0.400. The number of aromatic nitrogens is 1. The van der Waals surface area contributed by atoms with Gasteiger partial charge in [0.2, 0.25) is 12.2 Å². The van der Waals surface area contributed by atoms with E-state index >= 15 is 0 Å². The van der Waals surface area contributed by atoms with Crippen molar-refractivity contribution < 1.29 is 14.6 Å². The quantitative estimate of drug-likeness (QED) is 0.497. The molecule has 0 saturated carbocycles. The number of thioether (sulfide) groups is 1. The average Bonchev–Trinajstić information content (AvgIpc) is 2.29. The van der Waals surface area contributed by atoms with Crippen molar-refractivity contribution >= 4 is 41.3 Å². The molecule has 0 bridgehead atoms. The summed E-state index contributed by atoms with van der Waals surface area (Å²) in [5.74, 6) is -0.302. The van der Waals surface area contributed by atoms with Crippen LogP contribution in [-0.4, -0.2) is 60.1 Å². The van der Waals surface area contributed by atoms with Gasteiger partial charge in [-0.3, -0.25) is 0 Å². The monoisotopic (exact) mass is 264 g/mol. The zero-order chi connectivity index (χ0) is 12.1. The van der Waals surface area contributed by atoms with Crippen LogP contribution in [0.1, 0.15) is 17.5 Å². The molecule has 0 aliphatic heterocycles. The Morgan fingerprint density at radius 1 is 1.47 bits per heavy atom. The zero-order valence-electron chi connectivity index (χ0n) is 9.22. The normalized spacial score (nSPS) is 9.82. The maximum atomic E-state index is 9.59. The van der Waals surface area contributed by atoms with Gasteiger partial charge in [0.1, 0.15) is 17.3 Å². The van der Waals surface area contributed by atoms with Crippen molar-refractivity contribution in [2.75, 3.05) is 20.5 Å². The Labute approximate surface area is 126 Å². The molecule has 0 radical (unpaired) electrons. The Bertz CT molecular complexity index is 419. The van der Waals surface area contributed by atoms with E-state index in [0.717, 1.165) is 0 Å². The summed E-state index contributed by atoms with van der Waals surface area (Å²) in [7, 11) is 2.95. The van der Waals surface area contributed by atoms with E-state index in [2.05, 4.69) is 4.98 Å². The summed E-state index contributed by atoms with van der Waals surface area (Å²) in [6.07, 6.45) is 1.16. The van der Waals surface area contributed by atoms with Gasteiger partial charge < -0.3 is 14.6 Å². The molecule has 1 aromatic heterocycles. The molecule has 17 heavy (non-hydrogen) atoms. The predicted octanol–water partition coefficient (Wildman–Crippen LogP) is 1.02. The van der Waals surface area contributed by atoms with Crippen LogP contribution in [0.25, 0.3) is 0 Å². The molecule has 88 valence electrons.